The van der Waals surface area contributed by atoms with Crippen LogP contribution in [-0.4, -0.2) is 55.2 Å². The van der Waals surface area contributed by atoms with E-state index in [2.05, 4.69) is 17.1 Å². The van der Waals surface area contributed by atoms with Gasteiger partial charge in [-0.15, -0.1) is 0 Å². The summed E-state index contributed by atoms with van der Waals surface area (Å²) >= 11 is 0. The minimum atomic E-state index is -0.148. The Labute approximate surface area is 115 Å². The van der Waals surface area contributed by atoms with Gasteiger partial charge < -0.3 is 9.64 Å². The molecule has 3 aliphatic rings. The average Bonchev–Trinajstić information content (AvgIpc) is 3.02. The molecule has 1 amide bonds. The van der Waals surface area contributed by atoms with Crippen LogP contribution >= 0.6 is 0 Å². The maximum Gasteiger partial charge on any atom is 0.409 e. The van der Waals surface area contributed by atoms with Gasteiger partial charge in [0.1, 0.15) is 0 Å². The van der Waals surface area contributed by atoms with Crippen LogP contribution in [0.2, 0.25) is 0 Å². The highest BCUT2D eigenvalue weighted by Gasteiger charge is 2.36. The first-order valence-corrected chi connectivity index (χ1v) is 7.58. The summed E-state index contributed by atoms with van der Waals surface area (Å²) in [4.78, 5) is 16.0. The fraction of sp³-hybridized carbons (Fsp3) is 0.800. The second-order valence-corrected chi connectivity index (χ2v) is 6.03. The summed E-state index contributed by atoms with van der Waals surface area (Å²) in [5, 5.41) is 0. The molecule has 106 valence electrons. The molecule has 2 fully saturated rings. The molecular formula is C15H24N2O2. The lowest BCUT2D eigenvalue weighted by atomic mass is 9.93. The standard InChI is InChI=1S/C15H24N2O2/c1-2-19-15(18)17-7-5-16(6-8-17)11-14-10-12-3-4-13(14)9-12/h3-4,12-14H,2,5-11H2,1H3/t12-,13+,14-/m1/s1. The molecule has 1 saturated carbocycles. The molecule has 0 aromatic rings. The summed E-state index contributed by atoms with van der Waals surface area (Å²) in [6.07, 6.45) is 7.44. The third-order valence-electron chi connectivity index (χ3n) is 4.81. The fourth-order valence-electron chi connectivity index (χ4n) is 3.76. The number of carbonyl (C=O) groups excluding carboxylic acids is 1. The van der Waals surface area contributed by atoms with E-state index in [1.54, 1.807) is 0 Å². The summed E-state index contributed by atoms with van der Waals surface area (Å²) in [6.45, 7) is 7.16. The van der Waals surface area contributed by atoms with Crippen LogP contribution in [0.15, 0.2) is 12.2 Å². The largest absolute Gasteiger partial charge is 0.450 e. The van der Waals surface area contributed by atoms with Crippen molar-refractivity contribution >= 4 is 6.09 Å². The molecule has 3 atom stereocenters. The molecule has 2 bridgehead atoms. The Hall–Kier alpha value is -1.03. The van der Waals surface area contributed by atoms with E-state index in [0.29, 0.717) is 6.61 Å². The van der Waals surface area contributed by atoms with Gasteiger partial charge in [-0.25, -0.2) is 4.79 Å². The highest BCUT2D eigenvalue weighted by molar-refractivity contribution is 5.67. The molecule has 0 spiro atoms. The van der Waals surface area contributed by atoms with Crippen molar-refractivity contribution in [3.05, 3.63) is 12.2 Å². The van der Waals surface area contributed by atoms with Gasteiger partial charge in [0.2, 0.25) is 0 Å². The molecule has 1 heterocycles. The van der Waals surface area contributed by atoms with Crippen LogP contribution in [0.4, 0.5) is 4.79 Å². The van der Waals surface area contributed by atoms with E-state index in [-0.39, 0.29) is 6.09 Å². The number of nitrogens with zero attached hydrogens (tertiary/aromatic N) is 2. The number of ether oxygens (including phenoxy) is 1. The lowest BCUT2D eigenvalue weighted by Gasteiger charge is -2.36. The Kier molecular flexibility index (Phi) is 3.78. The van der Waals surface area contributed by atoms with Crippen LogP contribution < -0.4 is 0 Å². The zero-order valence-electron chi connectivity index (χ0n) is 11.8. The number of hydrogen-bond donors (Lipinski definition) is 0. The van der Waals surface area contributed by atoms with Gasteiger partial charge in [-0.1, -0.05) is 12.2 Å². The minimum absolute atomic E-state index is 0.148. The van der Waals surface area contributed by atoms with E-state index in [9.17, 15) is 4.79 Å². The van der Waals surface area contributed by atoms with Crippen molar-refractivity contribution in [2.24, 2.45) is 17.8 Å². The molecule has 4 nitrogen and oxygen atoms in total. The van der Waals surface area contributed by atoms with Gasteiger partial charge in [-0.05, 0) is 37.5 Å². The summed E-state index contributed by atoms with van der Waals surface area (Å²) < 4.78 is 5.05. The van der Waals surface area contributed by atoms with Crippen molar-refractivity contribution in [3.8, 4) is 0 Å². The predicted octanol–water partition coefficient (Wildman–Crippen LogP) is 1.97. The zero-order chi connectivity index (χ0) is 13.2. The van der Waals surface area contributed by atoms with Crippen LogP contribution in [-0.2, 0) is 4.74 Å². The first-order chi connectivity index (χ1) is 9.26. The van der Waals surface area contributed by atoms with Crippen molar-refractivity contribution in [2.75, 3.05) is 39.3 Å². The van der Waals surface area contributed by atoms with Crippen molar-refractivity contribution in [1.29, 1.82) is 0 Å². The van der Waals surface area contributed by atoms with Gasteiger partial charge in [0.05, 0.1) is 6.61 Å². The van der Waals surface area contributed by atoms with Gasteiger partial charge in [0.15, 0.2) is 0 Å². The SMILES string of the molecule is CCOC(=O)N1CCN(C[C@H]2C[C@@H]3C=C[C@H]2C3)CC1. The highest BCUT2D eigenvalue weighted by Crippen LogP contribution is 2.43. The number of hydrogen-bond acceptors (Lipinski definition) is 3. The van der Waals surface area contributed by atoms with Crippen LogP contribution in [0.3, 0.4) is 0 Å². The van der Waals surface area contributed by atoms with E-state index in [4.69, 9.17) is 4.74 Å². The van der Waals surface area contributed by atoms with Crippen molar-refractivity contribution in [2.45, 2.75) is 19.8 Å². The minimum Gasteiger partial charge on any atom is -0.450 e. The van der Waals surface area contributed by atoms with Crippen LogP contribution in [0, 0.1) is 17.8 Å². The first-order valence-electron chi connectivity index (χ1n) is 7.58. The quantitative estimate of drug-likeness (QED) is 0.731. The second kappa shape index (κ2) is 5.53. The summed E-state index contributed by atoms with van der Waals surface area (Å²) in [5.41, 5.74) is 0. The van der Waals surface area contributed by atoms with Gasteiger partial charge in [0.25, 0.3) is 0 Å². The number of amides is 1. The van der Waals surface area contributed by atoms with Gasteiger partial charge in [-0.2, -0.15) is 0 Å². The zero-order valence-corrected chi connectivity index (χ0v) is 11.8. The van der Waals surface area contributed by atoms with Crippen molar-refractivity contribution < 1.29 is 9.53 Å². The van der Waals surface area contributed by atoms with Crippen LogP contribution in [0.25, 0.3) is 0 Å². The van der Waals surface area contributed by atoms with E-state index in [1.165, 1.54) is 19.4 Å². The Bertz CT molecular complexity index is 361. The van der Waals surface area contributed by atoms with E-state index in [0.717, 1.165) is 43.9 Å². The highest BCUT2D eigenvalue weighted by atomic mass is 16.6. The normalized spacial score (nSPS) is 33.9. The molecule has 19 heavy (non-hydrogen) atoms. The van der Waals surface area contributed by atoms with E-state index >= 15 is 0 Å². The molecule has 1 aliphatic heterocycles. The van der Waals surface area contributed by atoms with Crippen molar-refractivity contribution in [3.63, 3.8) is 0 Å². The molecule has 0 N–H and O–H groups in total. The van der Waals surface area contributed by atoms with Gasteiger partial charge >= 0.3 is 6.09 Å². The number of fused-ring (bicyclic) bond motifs is 2. The lowest BCUT2D eigenvalue weighted by Crippen LogP contribution is -2.50. The third-order valence-corrected chi connectivity index (χ3v) is 4.81. The smallest absolute Gasteiger partial charge is 0.409 e. The molecule has 0 unspecified atom stereocenters. The maximum atomic E-state index is 11.6. The number of allylic oxidation sites excluding steroid dienone is 2. The second-order valence-electron chi connectivity index (χ2n) is 6.03. The summed E-state index contributed by atoms with van der Waals surface area (Å²) in [5.74, 6) is 2.54. The van der Waals surface area contributed by atoms with Gasteiger partial charge in [0, 0.05) is 32.7 Å². The van der Waals surface area contributed by atoms with E-state index < -0.39 is 0 Å². The molecule has 3 rings (SSSR count). The molecule has 0 radical (unpaired) electrons. The van der Waals surface area contributed by atoms with Gasteiger partial charge in [-0.3, -0.25) is 4.90 Å². The fourth-order valence-corrected chi connectivity index (χ4v) is 3.76. The Morgan fingerprint density at radius 3 is 2.58 bits per heavy atom. The lowest BCUT2D eigenvalue weighted by molar-refractivity contribution is 0.0738. The summed E-state index contributed by atoms with van der Waals surface area (Å²) in [6, 6.07) is 0. The number of rotatable bonds is 3. The molecule has 0 aromatic heterocycles. The Morgan fingerprint density at radius 1 is 1.21 bits per heavy atom. The van der Waals surface area contributed by atoms with E-state index in [1.807, 2.05) is 11.8 Å². The molecular weight excluding hydrogens is 240 g/mol. The maximum absolute atomic E-state index is 11.6. The predicted molar refractivity (Wildman–Crippen MR) is 73.9 cm³/mol. The Balaban J connectivity index is 1.43. The van der Waals surface area contributed by atoms with Crippen LogP contribution in [0.5, 0.6) is 0 Å². The van der Waals surface area contributed by atoms with Crippen molar-refractivity contribution in [1.82, 2.24) is 9.80 Å². The molecule has 4 heteroatoms. The monoisotopic (exact) mass is 264 g/mol. The topological polar surface area (TPSA) is 32.8 Å². The number of piperazine rings is 1. The number of carbonyl (C=O) groups is 1. The Morgan fingerprint density at radius 2 is 2.00 bits per heavy atom. The third kappa shape index (κ3) is 2.78. The first kappa shape index (κ1) is 13.0. The molecule has 1 saturated heterocycles. The summed E-state index contributed by atoms with van der Waals surface area (Å²) in [7, 11) is 0. The van der Waals surface area contributed by atoms with Crippen LogP contribution in [0.1, 0.15) is 19.8 Å². The molecule has 2 aliphatic carbocycles. The molecule has 0 aromatic carbocycles. The average molecular weight is 264 g/mol.